The van der Waals surface area contributed by atoms with Crippen LogP contribution in [0.15, 0.2) is 42.6 Å². The van der Waals surface area contributed by atoms with E-state index in [1.54, 1.807) is 6.20 Å². The summed E-state index contributed by atoms with van der Waals surface area (Å²) < 4.78 is 5.65. The van der Waals surface area contributed by atoms with Crippen LogP contribution in [-0.4, -0.2) is 46.9 Å². The molecule has 0 radical (unpaired) electrons. The smallest absolute Gasteiger partial charge is 0.227 e. The second-order valence-electron chi connectivity index (χ2n) is 9.24. The van der Waals surface area contributed by atoms with Gasteiger partial charge in [0.15, 0.2) is 11.6 Å². The molecule has 9 nitrogen and oxygen atoms in total. The van der Waals surface area contributed by atoms with E-state index < -0.39 is 0 Å². The number of morpholine rings is 1. The maximum absolute atomic E-state index is 12.3. The minimum atomic E-state index is 0.131. The Morgan fingerprint density at radius 1 is 1.18 bits per heavy atom. The number of hydrogen-bond acceptors (Lipinski definition) is 7. The highest BCUT2D eigenvalue weighted by atomic mass is 16.5. The summed E-state index contributed by atoms with van der Waals surface area (Å²) in [5, 5.41) is 12.2. The van der Waals surface area contributed by atoms with E-state index in [4.69, 9.17) is 9.72 Å². The molecule has 2 aromatic heterocycles. The fourth-order valence-electron chi connectivity index (χ4n) is 4.82. The van der Waals surface area contributed by atoms with Crippen molar-refractivity contribution in [2.24, 2.45) is 5.92 Å². The highest BCUT2D eigenvalue weighted by Crippen LogP contribution is 2.39. The van der Waals surface area contributed by atoms with Gasteiger partial charge in [0, 0.05) is 42.5 Å². The number of amides is 1. The van der Waals surface area contributed by atoms with E-state index in [0.717, 1.165) is 65.6 Å². The van der Waals surface area contributed by atoms with Crippen molar-refractivity contribution in [1.29, 1.82) is 0 Å². The molecule has 176 valence electrons. The lowest BCUT2D eigenvalue weighted by Crippen LogP contribution is -2.44. The van der Waals surface area contributed by atoms with Crippen molar-refractivity contribution in [3.63, 3.8) is 0 Å². The molecule has 1 saturated carbocycles. The van der Waals surface area contributed by atoms with Gasteiger partial charge in [-0.25, -0.2) is 15.4 Å². The summed E-state index contributed by atoms with van der Waals surface area (Å²) in [6.07, 6.45) is 4.95. The van der Waals surface area contributed by atoms with Crippen LogP contribution in [-0.2, 0) is 16.1 Å². The van der Waals surface area contributed by atoms with Crippen LogP contribution < -0.4 is 20.7 Å². The maximum atomic E-state index is 12.3. The normalized spacial score (nSPS) is 20.2. The summed E-state index contributed by atoms with van der Waals surface area (Å²) in [4.78, 5) is 19.7. The molecule has 1 aromatic carbocycles. The zero-order valence-electron chi connectivity index (χ0n) is 19.3. The number of hydrogen-bond donors (Lipinski definition) is 3. The molecule has 0 bridgehead atoms. The van der Waals surface area contributed by atoms with Crippen LogP contribution in [0.25, 0.3) is 11.1 Å². The molecule has 1 aliphatic carbocycles. The Bertz CT molecular complexity index is 1170. The molecule has 9 heteroatoms. The number of carbonyl (C=O) groups excluding carboxylic acids is 1. The van der Waals surface area contributed by atoms with Gasteiger partial charge >= 0.3 is 0 Å². The summed E-state index contributed by atoms with van der Waals surface area (Å²) in [7, 11) is 0. The first-order valence-electron chi connectivity index (χ1n) is 12.0. The quantitative estimate of drug-likeness (QED) is 0.536. The summed E-state index contributed by atoms with van der Waals surface area (Å²) in [6.45, 7) is 5.00. The highest BCUT2D eigenvalue weighted by molar-refractivity contribution is 5.93. The van der Waals surface area contributed by atoms with E-state index in [-0.39, 0.29) is 17.9 Å². The van der Waals surface area contributed by atoms with E-state index in [2.05, 4.69) is 51.0 Å². The molecule has 1 saturated heterocycles. The lowest BCUT2D eigenvalue weighted by atomic mass is 9.85. The van der Waals surface area contributed by atoms with Gasteiger partial charge < -0.3 is 15.0 Å². The van der Waals surface area contributed by atoms with Gasteiger partial charge in [0.2, 0.25) is 5.91 Å². The Kier molecular flexibility index (Phi) is 5.43. The average molecular weight is 460 g/mol. The van der Waals surface area contributed by atoms with Gasteiger partial charge in [-0.2, -0.15) is 5.10 Å². The summed E-state index contributed by atoms with van der Waals surface area (Å²) in [5.74, 6) is 2.86. The molecule has 34 heavy (non-hydrogen) atoms. The van der Waals surface area contributed by atoms with Gasteiger partial charge in [-0.1, -0.05) is 18.6 Å². The van der Waals surface area contributed by atoms with Crippen LogP contribution in [0.5, 0.6) is 0 Å². The van der Waals surface area contributed by atoms with Crippen LogP contribution in [0.3, 0.4) is 0 Å². The van der Waals surface area contributed by atoms with E-state index in [1.165, 1.54) is 0 Å². The van der Waals surface area contributed by atoms with Crippen molar-refractivity contribution in [3.8, 4) is 11.1 Å². The van der Waals surface area contributed by atoms with Gasteiger partial charge in [-0.05, 0) is 49.1 Å². The predicted octanol–water partition coefficient (Wildman–Crippen LogP) is 3.59. The minimum absolute atomic E-state index is 0.131. The number of aromatic amines is 1. The highest BCUT2D eigenvalue weighted by Gasteiger charge is 2.30. The van der Waals surface area contributed by atoms with Crippen molar-refractivity contribution in [1.82, 2.24) is 20.6 Å². The van der Waals surface area contributed by atoms with Crippen LogP contribution in [0.2, 0.25) is 0 Å². The first kappa shape index (κ1) is 21.1. The Balaban J connectivity index is 1.36. The van der Waals surface area contributed by atoms with Gasteiger partial charge in [0.25, 0.3) is 0 Å². The fraction of sp³-hybridized carbons (Fsp3) is 0.400. The van der Waals surface area contributed by atoms with Crippen LogP contribution in [0, 0.1) is 5.92 Å². The first-order chi connectivity index (χ1) is 16.7. The maximum Gasteiger partial charge on any atom is 0.227 e. The second-order valence-corrected chi connectivity index (χ2v) is 9.24. The van der Waals surface area contributed by atoms with Crippen molar-refractivity contribution in [2.75, 3.05) is 35.0 Å². The minimum Gasteiger partial charge on any atom is -0.377 e. The van der Waals surface area contributed by atoms with Crippen molar-refractivity contribution < 1.29 is 9.53 Å². The summed E-state index contributed by atoms with van der Waals surface area (Å²) in [5.41, 5.74) is 7.61. The molecule has 2 fully saturated rings. The van der Waals surface area contributed by atoms with E-state index in [1.807, 2.05) is 23.2 Å². The molecular formula is C25H29N7O2. The van der Waals surface area contributed by atoms with Crippen LogP contribution in [0.4, 0.5) is 23.1 Å². The standard InChI is InChI=1S/C25H29N7O2/c1-16-15-34-12-11-31(16)23-13-20(21-14-27-32(24(21)29-23)22-9-10-26-30-22)17-5-7-19(8-6-17)28-25(33)18-3-2-4-18/h5-10,13,16,18,27H,2-4,11-12,14-15H2,1H3,(H,26,30)(H,28,33)/t16-/m1/s1. The third kappa shape index (κ3) is 3.80. The molecule has 3 N–H and O–H groups in total. The van der Waals surface area contributed by atoms with Crippen molar-refractivity contribution in [3.05, 3.63) is 48.2 Å². The molecule has 3 aromatic rings. The number of H-pyrrole nitrogens is 1. The molecule has 0 unspecified atom stereocenters. The third-order valence-electron chi connectivity index (χ3n) is 7.03. The first-order valence-corrected chi connectivity index (χ1v) is 12.0. The number of benzene rings is 1. The van der Waals surface area contributed by atoms with E-state index in [9.17, 15) is 4.79 Å². The fourth-order valence-corrected chi connectivity index (χ4v) is 4.82. The van der Waals surface area contributed by atoms with Gasteiger partial charge in [0.05, 0.1) is 19.3 Å². The van der Waals surface area contributed by atoms with Gasteiger partial charge in [-0.15, -0.1) is 0 Å². The number of carbonyl (C=O) groups is 1. The zero-order valence-corrected chi connectivity index (χ0v) is 19.3. The number of anilines is 4. The Labute approximate surface area is 198 Å². The van der Waals surface area contributed by atoms with Gasteiger partial charge in [0.1, 0.15) is 5.82 Å². The average Bonchev–Trinajstić information content (AvgIpc) is 3.48. The monoisotopic (exact) mass is 459 g/mol. The van der Waals surface area contributed by atoms with Crippen LogP contribution >= 0.6 is 0 Å². The van der Waals surface area contributed by atoms with Gasteiger partial charge in [-0.3, -0.25) is 9.89 Å². The lowest BCUT2D eigenvalue weighted by molar-refractivity contribution is -0.122. The number of aromatic nitrogens is 3. The predicted molar refractivity (Wildman–Crippen MR) is 131 cm³/mol. The molecule has 1 amide bonds. The Hall–Kier alpha value is -3.43. The number of hydrazine groups is 1. The Morgan fingerprint density at radius 3 is 2.74 bits per heavy atom. The zero-order chi connectivity index (χ0) is 23.1. The molecule has 2 aliphatic heterocycles. The number of pyridine rings is 1. The van der Waals surface area contributed by atoms with Crippen molar-refractivity contribution in [2.45, 2.75) is 38.8 Å². The molecule has 4 heterocycles. The molecule has 6 rings (SSSR count). The summed E-state index contributed by atoms with van der Waals surface area (Å²) in [6, 6.07) is 12.5. The van der Waals surface area contributed by atoms with Crippen LogP contribution in [0.1, 0.15) is 31.7 Å². The Morgan fingerprint density at radius 2 is 2.03 bits per heavy atom. The number of rotatable bonds is 5. The number of ether oxygens (including phenoxy) is 1. The van der Waals surface area contributed by atoms with Crippen molar-refractivity contribution >= 4 is 29.0 Å². The molecule has 3 aliphatic rings. The summed E-state index contributed by atoms with van der Waals surface area (Å²) >= 11 is 0. The SMILES string of the molecule is C[C@@H]1COCCN1c1cc(-c2ccc(NC(=O)C3CCC3)cc2)c2c(n1)N(c1cc[nH]n1)NC2. The van der Waals surface area contributed by atoms with E-state index in [0.29, 0.717) is 19.8 Å². The molecule has 0 spiro atoms. The number of fused-ring (bicyclic) bond motifs is 1. The molecular weight excluding hydrogens is 430 g/mol. The largest absolute Gasteiger partial charge is 0.377 e. The number of nitrogens with zero attached hydrogens (tertiary/aromatic N) is 4. The number of nitrogens with one attached hydrogen (secondary N) is 3. The molecule has 1 atom stereocenters. The lowest BCUT2D eigenvalue weighted by Gasteiger charge is -2.35. The van der Waals surface area contributed by atoms with E-state index >= 15 is 0 Å². The topological polar surface area (TPSA) is 98.4 Å². The third-order valence-corrected chi connectivity index (χ3v) is 7.03. The second kappa shape index (κ2) is 8.73.